The molecule has 1 aromatic heterocycles. The molecule has 0 fully saturated rings. The van der Waals surface area contributed by atoms with Gasteiger partial charge < -0.3 is 9.67 Å². The van der Waals surface area contributed by atoms with Gasteiger partial charge in [-0.15, -0.1) is 0 Å². The first kappa shape index (κ1) is 17.4. The molecule has 0 aliphatic carbocycles. The number of imidazole rings is 1. The zero-order valence-electron chi connectivity index (χ0n) is 11.9. The lowest BCUT2D eigenvalue weighted by atomic mass is 9.93. The molecule has 1 atom stereocenters. The summed E-state index contributed by atoms with van der Waals surface area (Å²) in [5, 5.41) is 9.62. The van der Waals surface area contributed by atoms with E-state index in [1.165, 1.54) is 36.1 Å². The standard InChI is InChI=1S/C13H14F3N3O3S/c1-19-7-11(17-9-19)23(21,22)18-8-12(20,13(14,15)16)10-5-3-2-4-6-10/h2-7,9,18,20H,8H2,1H3/t12-/m1/s1. The molecule has 2 N–H and O–H groups in total. The Balaban J connectivity index is 2.30. The summed E-state index contributed by atoms with van der Waals surface area (Å²) in [6.45, 7) is -1.26. The van der Waals surface area contributed by atoms with Crippen LogP contribution >= 0.6 is 0 Å². The van der Waals surface area contributed by atoms with Crippen molar-refractivity contribution in [3.8, 4) is 0 Å². The highest BCUT2D eigenvalue weighted by Crippen LogP contribution is 2.38. The van der Waals surface area contributed by atoms with Crippen LogP contribution in [0.2, 0.25) is 0 Å². The van der Waals surface area contributed by atoms with Crippen LogP contribution in [-0.2, 0) is 22.7 Å². The third kappa shape index (κ3) is 3.54. The van der Waals surface area contributed by atoms with Gasteiger partial charge in [0.1, 0.15) is 0 Å². The Morgan fingerprint density at radius 1 is 1.26 bits per heavy atom. The summed E-state index contributed by atoms with van der Waals surface area (Å²) in [5.41, 5.74) is -3.81. The van der Waals surface area contributed by atoms with E-state index in [4.69, 9.17) is 0 Å². The Morgan fingerprint density at radius 3 is 2.35 bits per heavy atom. The lowest BCUT2D eigenvalue weighted by Gasteiger charge is -2.30. The van der Waals surface area contributed by atoms with Crippen molar-refractivity contribution in [2.24, 2.45) is 7.05 Å². The minimum absolute atomic E-state index is 0.433. The zero-order chi connectivity index (χ0) is 17.3. The Labute approximate surface area is 130 Å². The third-order valence-corrected chi connectivity index (χ3v) is 4.48. The number of rotatable bonds is 5. The maximum absolute atomic E-state index is 13.3. The number of alkyl halides is 3. The Kier molecular flexibility index (Phi) is 4.51. The van der Waals surface area contributed by atoms with Gasteiger partial charge >= 0.3 is 6.18 Å². The van der Waals surface area contributed by atoms with Crippen molar-refractivity contribution >= 4 is 10.0 Å². The van der Waals surface area contributed by atoms with Crippen molar-refractivity contribution in [1.82, 2.24) is 14.3 Å². The lowest BCUT2D eigenvalue weighted by molar-refractivity contribution is -0.263. The van der Waals surface area contributed by atoms with Crippen LogP contribution < -0.4 is 4.72 Å². The molecule has 6 nitrogen and oxygen atoms in total. The topological polar surface area (TPSA) is 84.2 Å². The normalized spacial score (nSPS) is 15.3. The van der Waals surface area contributed by atoms with Gasteiger partial charge in [0, 0.05) is 13.2 Å². The van der Waals surface area contributed by atoms with Gasteiger partial charge in [-0.3, -0.25) is 0 Å². The number of aromatic nitrogens is 2. The number of nitrogens with zero attached hydrogens (tertiary/aromatic N) is 2. The summed E-state index contributed by atoms with van der Waals surface area (Å²) >= 11 is 0. The van der Waals surface area contributed by atoms with Crippen molar-refractivity contribution in [1.29, 1.82) is 0 Å². The van der Waals surface area contributed by atoms with Gasteiger partial charge in [-0.25, -0.2) is 18.1 Å². The monoisotopic (exact) mass is 349 g/mol. The molecule has 0 radical (unpaired) electrons. The van der Waals surface area contributed by atoms with E-state index >= 15 is 0 Å². The minimum Gasteiger partial charge on any atom is -0.375 e. The highest BCUT2D eigenvalue weighted by Gasteiger charge is 2.55. The lowest BCUT2D eigenvalue weighted by Crippen LogP contribution is -2.51. The van der Waals surface area contributed by atoms with E-state index in [1.807, 2.05) is 0 Å². The van der Waals surface area contributed by atoms with Crippen molar-refractivity contribution in [2.45, 2.75) is 16.8 Å². The van der Waals surface area contributed by atoms with Crippen LogP contribution in [0.25, 0.3) is 0 Å². The quantitative estimate of drug-likeness (QED) is 0.848. The molecular formula is C13H14F3N3O3S. The molecule has 2 aromatic rings. The maximum atomic E-state index is 13.3. The molecule has 1 heterocycles. The summed E-state index contributed by atoms with van der Waals surface area (Å²) in [6.07, 6.45) is -2.74. The van der Waals surface area contributed by atoms with Crippen LogP contribution in [0.4, 0.5) is 13.2 Å². The van der Waals surface area contributed by atoms with E-state index in [2.05, 4.69) is 4.98 Å². The fourth-order valence-corrected chi connectivity index (χ4v) is 2.92. The predicted molar refractivity (Wildman–Crippen MR) is 74.8 cm³/mol. The van der Waals surface area contributed by atoms with Crippen molar-refractivity contribution in [3.63, 3.8) is 0 Å². The molecule has 0 saturated carbocycles. The number of halogens is 3. The first-order chi connectivity index (χ1) is 10.6. The Morgan fingerprint density at radius 2 is 1.87 bits per heavy atom. The van der Waals surface area contributed by atoms with E-state index in [-0.39, 0.29) is 0 Å². The highest BCUT2D eigenvalue weighted by molar-refractivity contribution is 7.89. The van der Waals surface area contributed by atoms with Gasteiger partial charge in [0.15, 0.2) is 10.6 Å². The molecule has 1 aromatic carbocycles. The van der Waals surface area contributed by atoms with Crippen molar-refractivity contribution in [3.05, 3.63) is 48.4 Å². The molecule has 0 unspecified atom stereocenters. The average Bonchev–Trinajstić information content (AvgIpc) is 2.92. The molecule has 0 saturated heterocycles. The average molecular weight is 349 g/mol. The SMILES string of the molecule is Cn1cnc(S(=O)(=O)NC[C@@](O)(c2ccccc2)C(F)(F)F)c1. The van der Waals surface area contributed by atoms with E-state index < -0.39 is 38.9 Å². The molecule has 23 heavy (non-hydrogen) atoms. The van der Waals surface area contributed by atoms with Crippen LogP contribution in [0, 0.1) is 0 Å². The van der Waals surface area contributed by atoms with Crippen LogP contribution in [0.15, 0.2) is 47.9 Å². The van der Waals surface area contributed by atoms with Crippen molar-refractivity contribution in [2.75, 3.05) is 6.54 Å². The molecule has 10 heteroatoms. The van der Waals surface area contributed by atoms with Gasteiger partial charge in [0.05, 0.1) is 12.9 Å². The van der Waals surface area contributed by atoms with E-state index in [9.17, 15) is 26.7 Å². The highest BCUT2D eigenvalue weighted by atomic mass is 32.2. The summed E-state index contributed by atoms with van der Waals surface area (Å²) in [4.78, 5) is 3.57. The third-order valence-electron chi connectivity index (χ3n) is 3.19. The second-order valence-electron chi connectivity index (χ2n) is 4.93. The van der Waals surface area contributed by atoms with Gasteiger partial charge in [-0.1, -0.05) is 30.3 Å². The molecule has 2 rings (SSSR count). The van der Waals surface area contributed by atoms with Gasteiger partial charge in [0.25, 0.3) is 10.0 Å². The van der Waals surface area contributed by atoms with Crippen LogP contribution in [0.3, 0.4) is 0 Å². The Bertz CT molecular complexity index is 775. The first-order valence-corrected chi connectivity index (χ1v) is 7.87. The predicted octanol–water partition coefficient (Wildman–Crippen LogP) is 1.15. The summed E-state index contributed by atoms with van der Waals surface area (Å²) in [6, 6.07) is 6.27. The number of benzene rings is 1. The van der Waals surface area contributed by atoms with Gasteiger partial charge in [-0.2, -0.15) is 13.2 Å². The second kappa shape index (κ2) is 5.95. The van der Waals surface area contributed by atoms with E-state index in [0.717, 1.165) is 18.3 Å². The molecule has 0 amide bonds. The van der Waals surface area contributed by atoms with E-state index in [0.29, 0.717) is 0 Å². The number of nitrogens with one attached hydrogen (secondary N) is 1. The fourth-order valence-electron chi connectivity index (χ4n) is 1.88. The molecule has 0 bridgehead atoms. The van der Waals surface area contributed by atoms with Gasteiger partial charge in [0.2, 0.25) is 0 Å². The number of aryl methyl sites for hydroxylation is 1. The van der Waals surface area contributed by atoms with Crippen molar-refractivity contribution < 1.29 is 26.7 Å². The number of hydrogen-bond donors (Lipinski definition) is 2. The summed E-state index contributed by atoms with van der Waals surface area (Å²) in [7, 11) is -2.77. The van der Waals surface area contributed by atoms with Crippen LogP contribution in [-0.4, -0.2) is 35.8 Å². The molecule has 0 spiro atoms. The number of aliphatic hydroxyl groups is 1. The number of hydrogen-bond acceptors (Lipinski definition) is 4. The van der Waals surface area contributed by atoms with Crippen LogP contribution in [0.1, 0.15) is 5.56 Å². The zero-order valence-corrected chi connectivity index (χ0v) is 12.8. The van der Waals surface area contributed by atoms with Gasteiger partial charge in [-0.05, 0) is 5.56 Å². The first-order valence-electron chi connectivity index (χ1n) is 6.38. The van der Waals surface area contributed by atoms with Crippen LogP contribution in [0.5, 0.6) is 0 Å². The molecule has 126 valence electrons. The second-order valence-corrected chi connectivity index (χ2v) is 6.64. The minimum atomic E-state index is -5.07. The van der Waals surface area contributed by atoms with E-state index in [1.54, 1.807) is 4.72 Å². The number of sulfonamides is 1. The summed E-state index contributed by atoms with van der Waals surface area (Å²) in [5.74, 6) is 0. The largest absolute Gasteiger partial charge is 0.422 e. The molecule has 0 aliphatic rings. The fraction of sp³-hybridized carbons (Fsp3) is 0.308. The smallest absolute Gasteiger partial charge is 0.375 e. The summed E-state index contributed by atoms with van der Waals surface area (Å²) < 4.78 is 66.9. The maximum Gasteiger partial charge on any atom is 0.422 e. The molecule has 0 aliphatic heterocycles. The Hall–Kier alpha value is -1.91. The molecular weight excluding hydrogens is 335 g/mol.